The number of nitrogens with zero attached hydrogens (tertiary/aromatic N) is 1. The van der Waals surface area contributed by atoms with E-state index in [0.29, 0.717) is 23.2 Å². The second-order valence-corrected chi connectivity index (χ2v) is 10.3. The first-order valence-electron chi connectivity index (χ1n) is 13.3. The maximum atomic E-state index is 5.61. The summed E-state index contributed by atoms with van der Waals surface area (Å²) in [6, 6.07) is 22.0. The first-order chi connectivity index (χ1) is 18.0. The average Bonchev–Trinajstić information content (AvgIpc) is 3.58. The third-order valence-electron chi connectivity index (χ3n) is 8.04. The van der Waals surface area contributed by atoms with Crippen molar-refractivity contribution in [3.05, 3.63) is 88.5 Å². The Bertz CT molecular complexity index is 1330. The van der Waals surface area contributed by atoms with Gasteiger partial charge in [-0.2, -0.15) is 0 Å². The zero-order chi connectivity index (χ0) is 26.0. The van der Waals surface area contributed by atoms with Crippen LogP contribution in [0.3, 0.4) is 0 Å². The van der Waals surface area contributed by atoms with Crippen LogP contribution in [0.15, 0.2) is 71.2 Å². The standard InChI is InChI=1S/C33H37NO3/c1-6-27-31(33(27,2)21-23-19-29(35-3)32(37-5)30(20-23)36-4)25-12-9-11-22(18-25)17-24-13-10-16-34-28-15-8-7-14-26(24)28/h7-9,11-12,14-16,18-20,24H,6,10,13,17,21H2,1-5H3. The van der Waals surface area contributed by atoms with Gasteiger partial charge in [-0.3, -0.25) is 4.99 Å². The number of hydrogen-bond acceptors (Lipinski definition) is 4. The molecule has 0 aromatic heterocycles. The summed E-state index contributed by atoms with van der Waals surface area (Å²) in [5, 5.41) is 0. The molecule has 2 aliphatic rings. The van der Waals surface area contributed by atoms with Crippen LogP contribution >= 0.6 is 0 Å². The topological polar surface area (TPSA) is 40.0 Å². The third kappa shape index (κ3) is 4.77. The predicted molar refractivity (Wildman–Crippen MR) is 152 cm³/mol. The second kappa shape index (κ2) is 10.5. The van der Waals surface area contributed by atoms with Gasteiger partial charge in [-0.1, -0.05) is 61.9 Å². The van der Waals surface area contributed by atoms with Gasteiger partial charge in [0.1, 0.15) is 0 Å². The first kappa shape index (κ1) is 25.1. The minimum absolute atomic E-state index is 0.0285. The van der Waals surface area contributed by atoms with Crippen LogP contribution in [-0.4, -0.2) is 27.5 Å². The Balaban J connectivity index is 1.40. The van der Waals surface area contributed by atoms with Gasteiger partial charge in [-0.25, -0.2) is 0 Å². The van der Waals surface area contributed by atoms with E-state index < -0.39 is 0 Å². The van der Waals surface area contributed by atoms with Crippen molar-refractivity contribution in [2.24, 2.45) is 10.4 Å². The molecule has 0 saturated heterocycles. The van der Waals surface area contributed by atoms with Crippen LogP contribution in [0.5, 0.6) is 17.2 Å². The Morgan fingerprint density at radius 3 is 2.35 bits per heavy atom. The number of aliphatic imine (C=N–C) groups is 1. The van der Waals surface area contributed by atoms with Gasteiger partial charge >= 0.3 is 0 Å². The number of fused-ring (bicyclic) bond motifs is 1. The van der Waals surface area contributed by atoms with Crippen molar-refractivity contribution in [1.82, 2.24) is 0 Å². The highest BCUT2D eigenvalue weighted by Crippen LogP contribution is 2.61. The summed E-state index contributed by atoms with van der Waals surface area (Å²) in [5.74, 6) is 2.53. The number of benzene rings is 3. The Morgan fingerprint density at radius 2 is 1.65 bits per heavy atom. The minimum Gasteiger partial charge on any atom is -0.493 e. The molecule has 192 valence electrons. The summed E-state index contributed by atoms with van der Waals surface area (Å²) in [7, 11) is 4.99. The monoisotopic (exact) mass is 495 g/mol. The minimum atomic E-state index is 0.0285. The number of ether oxygens (including phenoxy) is 3. The molecule has 3 aromatic carbocycles. The SMILES string of the molecule is CCC1=C(c2cccc(CC3CCC=Nc4ccccc43)c2)C1(C)Cc1cc(OC)c(OC)c(OC)c1. The summed E-state index contributed by atoms with van der Waals surface area (Å²) >= 11 is 0. The van der Waals surface area contributed by atoms with Crippen LogP contribution in [0.2, 0.25) is 0 Å². The van der Waals surface area contributed by atoms with Gasteiger partial charge in [0.05, 0.1) is 27.0 Å². The number of hydrogen-bond donors (Lipinski definition) is 0. The molecule has 1 aliphatic carbocycles. The van der Waals surface area contributed by atoms with Gasteiger partial charge < -0.3 is 14.2 Å². The van der Waals surface area contributed by atoms with E-state index in [4.69, 9.17) is 19.2 Å². The van der Waals surface area contributed by atoms with Crippen LogP contribution < -0.4 is 14.2 Å². The van der Waals surface area contributed by atoms with Gasteiger partial charge in [0.2, 0.25) is 5.75 Å². The molecule has 0 saturated carbocycles. The van der Waals surface area contributed by atoms with Crippen LogP contribution in [-0.2, 0) is 12.8 Å². The molecule has 0 spiro atoms. The lowest BCUT2D eigenvalue weighted by molar-refractivity contribution is 0.323. The molecule has 4 nitrogen and oxygen atoms in total. The summed E-state index contributed by atoms with van der Waals surface area (Å²) in [5.41, 5.74) is 9.46. The molecule has 0 amide bonds. The van der Waals surface area contributed by atoms with Crippen molar-refractivity contribution in [2.75, 3.05) is 21.3 Å². The van der Waals surface area contributed by atoms with Crippen molar-refractivity contribution < 1.29 is 14.2 Å². The Morgan fingerprint density at radius 1 is 0.892 bits per heavy atom. The molecule has 0 fully saturated rings. The van der Waals surface area contributed by atoms with Gasteiger partial charge in [-0.15, -0.1) is 0 Å². The molecule has 1 heterocycles. The molecule has 2 unspecified atom stereocenters. The van der Waals surface area contributed by atoms with Gasteiger partial charge in [0.25, 0.3) is 0 Å². The van der Waals surface area contributed by atoms with Crippen LogP contribution in [0.4, 0.5) is 5.69 Å². The van der Waals surface area contributed by atoms with Crippen LogP contribution in [0.25, 0.3) is 5.57 Å². The summed E-state index contributed by atoms with van der Waals surface area (Å²) in [6.45, 7) is 4.64. The van der Waals surface area contributed by atoms with Crippen LogP contribution in [0, 0.1) is 5.41 Å². The molecule has 0 radical (unpaired) electrons. The fourth-order valence-electron chi connectivity index (χ4n) is 6.28. The molecule has 5 rings (SSSR count). The highest BCUT2D eigenvalue weighted by molar-refractivity contribution is 5.90. The average molecular weight is 496 g/mol. The van der Waals surface area contributed by atoms with Crippen molar-refractivity contribution in [3.63, 3.8) is 0 Å². The van der Waals surface area contributed by atoms with E-state index in [0.717, 1.165) is 37.8 Å². The van der Waals surface area contributed by atoms with E-state index in [-0.39, 0.29) is 5.41 Å². The second-order valence-electron chi connectivity index (χ2n) is 10.3. The van der Waals surface area contributed by atoms with Crippen molar-refractivity contribution in [2.45, 2.75) is 51.9 Å². The normalized spacial score (nSPS) is 20.3. The van der Waals surface area contributed by atoms with Crippen molar-refractivity contribution in [3.8, 4) is 17.2 Å². The van der Waals surface area contributed by atoms with Gasteiger partial charge in [0.15, 0.2) is 11.5 Å². The fourth-order valence-corrected chi connectivity index (χ4v) is 6.28. The summed E-state index contributed by atoms with van der Waals surface area (Å²) < 4.78 is 16.8. The number of para-hydroxylation sites is 1. The summed E-state index contributed by atoms with van der Waals surface area (Å²) in [4.78, 5) is 4.69. The highest BCUT2D eigenvalue weighted by atomic mass is 16.5. The molecule has 4 heteroatoms. The van der Waals surface area contributed by atoms with Crippen molar-refractivity contribution >= 4 is 17.5 Å². The number of allylic oxidation sites excluding steroid dienone is 2. The molecule has 0 bridgehead atoms. The molecule has 0 N–H and O–H groups in total. The lowest BCUT2D eigenvalue weighted by Gasteiger charge is -2.19. The lowest BCUT2D eigenvalue weighted by atomic mass is 9.86. The lowest BCUT2D eigenvalue weighted by Crippen LogP contribution is -2.08. The number of rotatable bonds is 9. The summed E-state index contributed by atoms with van der Waals surface area (Å²) in [6.07, 6.45) is 7.22. The van der Waals surface area contributed by atoms with E-state index in [1.807, 2.05) is 0 Å². The molecular weight excluding hydrogens is 458 g/mol. The molecular formula is C33H37NO3. The van der Waals surface area contributed by atoms with E-state index in [1.165, 1.54) is 33.4 Å². The third-order valence-corrected chi connectivity index (χ3v) is 8.04. The smallest absolute Gasteiger partial charge is 0.203 e. The van der Waals surface area contributed by atoms with E-state index in [9.17, 15) is 0 Å². The van der Waals surface area contributed by atoms with Crippen molar-refractivity contribution in [1.29, 1.82) is 0 Å². The quantitative estimate of drug-likeness (QED) is 0.302. The van der Waals surface area contributed by atoms with E-state index in [2.05, 4.69) is 80.7 Å². The maximum absolute atomic E-state index is 5.61. The zero-order valence-electron chi connectivity index (χ0n) is 22.6. The molecule has 3 aromatic rings. The van der Waals surface area contributed by atoms with E-state index >= 15 is 0 Å². The molecule has 37 heavy (non-hydrogen) atoms. The fraction of sp³-hybridized carbons (Fsp3) is 0.364. The predicted octanol–water partition coefficient (Wildman–Crippen LogP) is 7.96. The Kier molecular flexibility index (Phi) is 7.10. The number of methoxy groups -OCH3 is 3. The highest BCUT2D eigenvalue weighted by Gasteiger charge is 2.48. The molecule has 1 aliphatic heterocycles. The first-order valence-corrected chi connectivity index (χ1v) is 13.3. The Labute approximate surface area is 221 Å². The van der Waals surface area contributed by atoms with Gasteiger partial charge in [0, 0.05) is 11.6 Å². The van der Waals surface area contributed by atoms with Crippen LogP contribution in [0.1, 0.15) is 61.3 Å². The van der Waals surface area contributed by atoms with Gasteiger partial charge in [-0.05, 0) is 84.0 Å². The largest absolute Gasteiger partial charge is 0.493 e. The van der Waals surface area contributed by atoms with E-state index in [1.54, 1.807) is 21.3 Å². The zero-order valence-corrected chi connectivity index (χ0v) is 22.6. The molecule has 2 atom stereocenters. The maximum Gasteiger partial charge on any atom is 0.203 e. The Hall–Kier alpha value is -3.53.